The fourth-order valence-electron chi connectivity index (χ4n) is 3.41. The molecular weight excluding hydrogens is 448 g/mol. The molecule has 0 aliphatic carbocycles. The SMILES string of the molecule is O=C(/C=C/c1ccc(OCCOc2ccc(/C=C/C(=O)c3ccccc3)cc2)cc1)c1ccccc1. The summed E-state index contributed by atoms with van der Waals surface area (Å²) in [5, 5.41) is 0. The summed E-state index contributed by atoms with van der Waals surface area (Å²) in [6.07, 6.45) is 6.72. The normalized spacial score (nSPS) is 11.0. The van der Waals surface area contributed by atoms with E-state index in [9.17, 15) is 9.59 Å². The molecule has 0 bridgehead atoms. The van der Waals surface area contributed by atoms with E-state index < -0.39 is 0 Å². The molecule has 4 nitrogen and oxygen atoms in total. The summed E-state index contributed by atoms with van der Waals surface area (Å²) in [5.74, 6) is 1.40. The van der Waals surface area contributed by atoms with Crippen LogP contribution in [-0.2, 0) is 0 Å². The van der Waals surface area contributed by atoms with Gasteiger partial charge in [-0.3, -0.25) is 9.59 Å². The van der Waals surface area contributed by atoms with Crippen molar-refractivity contribution >= 4 is 23.7 Å². The van der Waals surface area contributed by atoms with E-state index in [0.717, 1.165) is 22.6 Å². The lowest BCUT2D eigenvalue weighted by atomic mass is 10.1. The molecule has 0 amide bonds. The number of hydrogen-bond donors (Lipinski definition) is 0. The molecule has 4 rings (SSSR count). The van der Waals surface area contributed by atoms with Gasteiger partial charge in [-0.1, -0.05) is 97.1 Å². The zero-order valence-corrected chi connectivity index (χ0v) is 19.7. The molecule has 0 atom stereocenters. The zero-order chi connectivity index (χ0) is 25.0. The van der Waals surface area contributed by atoms with Crippen LogP contribution in [0.3, 0.4) is 0 Å². The summed E-state index contributed by atoms with van der Waals surface area (Å²) in [6, 6.07) is 33.4. The molecule has 0 saturated carbocycles. The number of carbonyl (C=O) groups excluding carboxylic acids is 2. The molecule has 0 radical (unpaired) electrons. The Labute approximate surface area is 211 Å². The third-order valence-corrected chi connectivity index (χ3v) is 5.35. The van der Waals surface area contributed by atoms with Gasteiger partial charge in [0, 0.05) is 11.1 Å². The highest BCUT2D eigenvalue weighted by atomic mass is 16.5. The van der Waals surface area contributed by atoms with Crippen molar-refractivity contribution in [3.8, 4) is 11.5 Å². The van der Waals surface area contributed by atoms with Gasteiger partial charge in [-0.2, -0.15) is 0 Å². The van der Waals surface area contributed by atoms with Crippen LogP contribution in [0.4, 0.5) is 0 Å². The van der Waals surface area contributed by atoms with Crippen LogP contribution in [-0.4, -0.2) is 24.8 Å². The number of ether oxygens (including phenoxy) is 2. The van der Waals surface area contributed by atoms with Gasteiger partial charge in [0.2, 0.25) is 0 Å². The minimum Gasteiger partial charge on any atom is -0.490 e. The molecule has 0 spiro atoms. The molecule has 0 aliphatic heterocycles. The number of allylic oxidation sites excluding steroid dienone is 2. The van der Waals surface area contributed by atoms with E-state index in [2.05, 4.69) is 0 Å². The van der Waals surface area contributed by atoms with Crippen molar-refractivity contribution in [3.63, 3.8) is 0 Å². The molecule has 178 valence electrons. The van der Waals surface area contributed by atoms with Crippen LogP contribution in [0, 0.1) is 0 Å². The number of carbonyl (C=O) groups is 2. The van der Waals surface area contributed by atoms with Crippen molar-refractivity contribution < 1.29 is 19.1 Å². The van der Waals surface area contributed by atoms with E-state index in [1.165, 1.54) is 0 Å². The molecule has 0 fully saturated rings. The highest BCUT2D eigenvalue weighted by molar-refractivity contribution is 6.07. The van der Waals surface area contributed by atoms with Gasteiger partial charge in [0.15, 0.2) is 11.6 Å². The molecule has 4 heteroatoms. The summed E-state index contributed by atoms with van der Waals surface area (Å²) < 4.78 is 11.5. The van der Waals surface area contributed by atoms with Gasteiger partial charge in [-0.05, 0) is 47.5 Å². The Hall–Kier alpha value is -4.70. The Kier molecular flexibility index (Phi) is 8.60. The van der Waals surface area contributed by atoms with Crippen LogP contribution in [0.15, 0.2) is 121 Å². The fraction of sp³-hybridized carbons (Fsp3) is 0.0625. The summed E-state index contributed by atoms with van der Waals surface area (Å²) in [5.41, 5.74) is 3.17. The van der Waals surface area contributed by atoms with Crippen LogP contribution in [0.1, 0.15) is 31.8 Å². The molecule has 4 aromatic carbocycles. The van der Waals surface area contributed by atoms with Crippen LogP contribution in [0.2, 0.25) is 0 Å². The predicted octanol–water partition coefficient (Wildman–Crippen LogP) is 6.94. The van der Waals surface area contributed by atoms with Gasteiger partial charge in [0.05, 0.1) is 0 Å². The highest BCUT2D eigenvalue weighted by Gasteiger charge is 2.01. The van der Waals surface area contributed by atoms with Crippen LogP contribution in [0.25, 0.3) is 12.2 Å². The summed E-state index contributed by atoms with van der Waals surface area (Å²) in [4.78, 5) is 24.3. The van der Waals surface area contributed by atoms with Crippen molar-refractivity contribution in [2.75, 3.05) is 13.2 Å². The highest BCUT2D eigenvalue weighted by Crippen LogP contribution is 2.16. The maximum Gasteiger partial charge on any atom is 0.185 e. The van der Waals surface area contributed by atoms with Gasteiger partial charge in [0.1, 0.15) is 24.7 Å². The lowest BCUT2D eigenvalue weighted by molar-refractivity contribution is 0.103. The number of rotatable bonds is 11. The molecule has 36 heavy (non-hydrogen) atoms. The van der Waals surface area contributed by atoms with Crippen molar-refractivity contribution in [3.05, 3.63) is 144 Å². The molecular formula is C32H26O4. The second kappa shape index (κ2) is 12.7. The predicted molar refractivity (Wildman–Crippen MR) is 143 cm³/mol. The third-order valence-electron chi connectivity index (χ3n) is 5.35. The standard InChI is InChI=1S/C32H26O4/c33-31(27-7-3-1-4-8-27)21-15-25-11-17-29(18-12-25)35-23-24-36-30-19-13-26(14-20-30)16-22-32(34)28-9-5-2-6-10-28/h1-22H,23-24H2/b21-15+,22-16+. The van der Waals surface area contributed by atoms with Crippen molar-refractivity contribution in [2.45, 2.75) is 0 Å². The minimum absolute atomic E-state index is 0.0298. The average Bonchev–Trinajstić information content (AvgIpc) is 2.95. The molecule has 0 N–H and O–H groups in total. The van der Waals surface area contributed by atoms with Crippen molar-refractivity contribution in [1.29, 1.82) is 0 Å². The van der Waals surface area contributed by atoms with E-state index in [0.29, 0.717) is 24.3 Å². The van der Waals surface area contributed by atoms with Gasteiger partial charge in [0.25, 0.3) is 0 Å². The number of benzene rings is 4. The average molecular weight is 475 g/mol. The summed E-state index contributed by atoms with van der Waals surface area (Å²) in [7, 11) is 0. The van der Waals surface area contributed by atoms with Crippen molar-refractivity contribution in [1.82, 2.24) is 0 Å². The maximum absolute atomic E-state index is 12.2. The lowest BCUT2D eigenvalue weighted by Crippen LogP contribution is -2.08. The Bertz CT molecular complexity index is 1210. The smallest absolute Gasteiger partial charge is 0.185 e. The van der Waals surface area contributed by atoms with E-state index in [-0.39, 0.29) is 11.6 Å². The van der Waals surface area contributed by atoms with Crippen molar-refractivity contribution in [2.24, 2.45) is 0 Å². The topological polar surface area (TPSA) is 52.6 Å². The summed E-state index contributed by atoms with van der Waals surface area (Å²) >= 11 is 0. The van der Waals surface area contributed by atoms with Gasteiger partial charge in [-0.25, -0.2) is 0 Å². The Morgan fingerprint density at radius 2 is 0.861 bits per heavy atom. The fourth-order valence-corrected chi connectivity index (χ4v) is 3.41. The first-order chi connectivity index (χ1) is 17.7. The van der Waals surface area contributed by atoms with Crippen LogP contribution < -0.4 is 9.47 Å². The summed E-state index contributed by atoms with van der Waals surface area (Å²) in [6.45, 7) is 0.795. The van der Waals surface area contributed by atoms with Gasteiger partial charge >= 0.3 is 0 Å². The monoisotopic (exact) mass is 474 g/mol. The Balaban J connectivity index is 1.19. The van der Waals surface area contributed by atoms with Crippen LogP contribution in [0.5, 0.6) is 11.5 Å². The van der Waals surface area contributed by atoms with E-state index >= 15 is 0 Å². The van der Waals surface area contributed by atoms with Gasteiger partial charge in [-0.15, -0.1) is 0 Å². The van der Waals surface area contributed by atoms with E-state index in [1.54, 1.807) is 48.6 Å². The minimum atomic E-state index is -0.0298. The quantitative estimate of drug-likeness (QED) is 0.134. The lowest BCUT2D eigenvalue weighted by Gasteiger charge is -2.09. The largest absolute Gasteiger partial charge is 0.490 e. The first kappa shape index (κ1) is 24.4. The Morgan fingerprint density at radius 1 is 0.500 bits per heavy atom. The molecule has 0 aromatic heterocycles. The number of ketones is 2. The van der Waals surface area contributed by atoms with Gasteiger partial charge < -0.3 is 9.47 Å². The first-order valence-corrected chi connectivity index (χ1v) is 11.7. The second-order valence-corrected chi connectivity index (χ2v) is 7.96. The molecule has 0 saturated heterocycles. The number of hydrogen-bond acceptors (Lipinski definition) is 4. The molecule has 0 heterocycles. The van der Waals surface area contributed by atoms with E-state index in [1.807, 2.05) is 84.9 Å². The third kappa shape index (κ3) is 7.40. The zero-order valence-electron chi connectivity index (χ0n) is 19.7. The van der Waals surface area contributed by atoms with Crippen LogP contribution >= 0.6 is 0 Å². The first-order valence-electron chi connectivity index (χ1n) is 11.7. The van der Waals surface area contributed by atoms with E-state index in [4.69, 9.17) is 9.47 Å². The maximum atomic E-state index is 12.2. The molecule has 4 aromatic rings. The molecule has 0 unspecified atom stereocenters. The Morgan fingerprint density at radius 3 is 1.22 bits per heavy atom. The second-order valence-electron chi connectivity index (χ2n) is 7.96. The molecule has 0 aliphatic rings.